The molecule has 10 N–H and O–H groups in total. The molecule has 5 amide bonds. The minimum Gasteiger partial charge on any atom is -0.480 e. The molecular formula is C13H22N6O7S. The van der Waals surface area contributed by atoms with E-state index in [1.54, 1.807) is 0 Å². The van der Waals surface area contributed by atoms with Gasteiger partial charge in [-0.1, -0.05) is 0 Å². The van der Waals surface area contributed by atoms with Gasteiger partial charge in [-0.05, 0) is 0 Å². The summed E-state index contributed by atoms with van der Waals surface area (Å²) in [6.45, 7) is -0.678. The van der Waals surface area contributed by atoms with Crippen molar-refractivity contribution in [3.63, 3.8) is 0 Å². The molecule has 13 nitrogen and oxygen atoms in total. The first-order valence-corrected chi connectivity index (χ1v) is 8.14. The van der Waals surface area contributed by atoms with E-state index in [1.165, 1.54) is 0 Å². The standard InChI is InChI=1S/C13H22N6O7S/c14-5(1-8(15)20)11(24)18-6(2-9(16)21)13(26)19-7(4-27)12(25)17-3-10(22)23/h5-7,27H,1-4,14H2,(H2,15,20)(H2,16,21)(H,17,25)(H,18,24)(H,19,26)(H,22,23). The van der Waals surface area contributed by atoms with Crippen molar-refractivity contribution in [3.8, 4) is 0 Å². The SMILES string of the molecule is NC(=O)CC(N)C(=O)NC(CC(N)=O)C(=O)NC(CS)C(=O)NCC(=O)O. The minimum absolute atomic E-state index is 0.199. The Hall–Kier alpha value is -2.87. The van der Waals surface area contributed by atoms with Gasteiger partial charge in [0.1, 0.15) is 18.6 Å². The first kappa shape index (κ1) is 24.1. The zero-order valence-electron chi connectivity index (χ0n) is 14.1. The van der Waals surface area contributed by atoms with Crippen molar-refractivity contribution in [1.82, 2.24) is 16.0 Å². The van der Waals surface area contributed by atoms with Crippen LogP contribution in [0.4, 0.5) is 0 Å². The number of carbonyl (C=O) groups excluding carboxylic acids is 5. The zero-order chi connectivity index (χ0) is 21.1. The average molecular weight is 406 g/mol. The molecule has 152 valence electrons. The van der Waals surface area contributed by atoms with Gasteiger partial charge in [0.15, 0.2) is 0 Å². The normalized spacial score (nSPS) is 13.6. The van der Waals surface area contributed by atoms with Crippen molar-refractivity contribution in [1.29, 1.82) is 0 Å². The lowest BCUT2D eigenvalue weighted by Crippen LogP contribution is -2.57. The Morgan fingerprint density at radius 3 is 1.81 bits per heavy atom. The van der Waals surface area contributed by atoms with Crippen LogP contribution in [0, 0.1) is 0 Å². The van der Waals surface area contributed by atoms with Crippen LogP contribution >= 0.6 is 12.6 Å². The molecule has 0 aliphatic carbocycles. The first-order chi connectivity index (χ1) is 12.5. The molecule has 0 radical (unpaired) electrons. The van der Waals surface area contributed by atoms with E-state index in [4.69, 9.17) is 22.3 Å². The summed E-state index contributed by atoms with van der Waals surface area (Å²) in [5, 5.41) is 14.9. The minimum atomic E-state index is -1.48. The van der Waals surface area contributed by atoms with Crippen LogP contribution in [0.5, 0.6) is 0 Å². The number of hydrogen-bond acceptors (Lipinski definition) is 8. The van der Waals surface area contributed by atoms with E-state index < -0.39 is 73.0 Å². The lowest BCUT2D eigenvalue weighted by atomic mass is 10.1. The Morgan fingerprint density at radius 2 is 1.37 bits per heavy atom. The molecular weight excluding hydrogens is 384 g/mol. The molecule has 0 heterocycles. The second-order valence-corrected chi connectivity index (χ2v) is 5.73. The molecule has 0 spiro atoms. The lowest BCUT2D eigenvalue weighted by Gasteiger charge is -2.22. The summed E-state index contributed by atoms with van der Waals surface area (Å²) in [5.74, 6) is -6.01. The number of carbonyl (C=O) groups is 6. The zero-order valence-corrected chi connectivity index (χ0v) is 15.0. The topological polar surface area (TPSA) is 237 Å². The second kappa shape index (κ2) is 11.7. The second-order valence-electron chi connectivity index (χ2n) is 5.36. The molecule has 0 bridgehead atoms. The van der Waals surface area contributed by atoms with Crippen molar-refractivity contribution < 1.29 is 33.9 Å². The Labute approximate surface area is 159 Å². The van der Waals surface area contributed by atoms with E-state index in [-0.39, 0.29) is 5.75 Å². The number of carboxylic acids is 1. The third-order valence-corrected chi connectivity index (χ3v) is 3.39. The molecule has 27 heavy (non-hydrogen) atoms. The summed E-state index contributed by atoms with van der Waals surface area (Å²) in [7, 11) is 0. The predicted molar refractivity (Wildman–Crippen MR) is 94.0 cm³/mol. The monoisotopic (exact) mass is 406 g/mol. The van der Waals surface area contributed by atoms with Crippen LogP contribution in [-0.2, 0) is 28.8 Å². The van der Waals surface area contributed by atoms with Crippen LogP contribution in [0.2, 0.25) is 0 Å². The van der Waals surface area contributed by atoms with E-state index in [9.17, 15) is 28.8 Å². The Kier molecular flexibility index (Phi) is 10.4. The maximum absolute atomic E-state index is 12.3. The fourth-order valence-electron chi connectivity index (χ4n) is 1.75. The van der Waals surface area contributed by atoms with E-state index in [2.05, 4.69) is 23.3 Å². The molecule has 0 aromatic heterocycles. The highest BCUT2D eigenvalue weighted by atomic mass is 32.1. The Morgan fingerprint density at radius 1 is 0.852 bits per heavy atom. The summed E-state index contributed by atoms with van der Waals surface area (Å²) in [4.78, 5) is 68.4. The molecule has 3 unspecified atom stereocenters. The maximum atomic E-state index is 12.3. The molecule has 0 rings (SSSR count). The predicted octanol–water partition coefficient (Wildman–Crippen LogP) is -4.84. The van der Waals surface area contributed by atoms with Gasteiger partial charge in [0.25, 0.3) is 0 Å². The summed E-state index contributed by atoms with van der Waals surface area (Å²) in [5.41, 5.74) is 15.4. The number of carboxylic acid groups (broad SMARTS) is 1. The number of nitrogens with two attached hydrogens (primary N) is 3. The van der Waals surface area contributed by atoms with Gasteiger partial charge < -0.3 is 38.3 Å². The van der Waals surface area contributed by atoms with Crippen molar-refractivity contribution in [2.45, 2.75) is 31.0 Å². The fraction of sp³-hybridized carbons (Fsp3) is 0.538. The van der Waals surface area contributed by atoms with Crippen molar-refractivity contribution in [3.05, 3.63) is 0 Å². The number of hydrogen-bond donors (Lipinski definition) is 8. The Balaban J connectivity index is 5.05. The summed E-state index contributed by atoms with van der Waals surface area (Å²) in [6, 6.07) is -4.08. The highest BCUT2D eigenvalue weighted by Gasteiger charge is 2.29. The number of rotatable bonds is 12. The van der Waals surface area contributed by atoms with Crippen LogP contribution in [0.25, 0.3) is 0 Å². The van der Waals surface area contributed by atoms with Crippen molar-refractivity contribution in [2.24, 2.45) is 17.2 Å². The average Bonchev–Trinajstić information content (AvgIpc) is 2.55. The molecule has 0 aromatic rings. The van der Waals surface area contributed by atoms with Gasteiger partial charge in [-0.3, -0.25) is 28.8 Å². The molecule has 0 fully saturated rings. The van der Waals surface area contributed by atoms with Crippen molar-refractivity contribution in [2.75, 3.05) is 12.3 Å². The summed E-state index contributed by atoms with van der Waals surface area (Å²) in [6.07, 6.45) is -1.11. The lowest BCUT2D eigenvalue weighted by molar-refractivity contribution is -0.138. The molecule has 0 aromatic carbocycles. The van der Waals surface area contributed by atoms with E-state index >= 15 is 0 Å². The summed E-state index contributed by atoms with van der Waals surface area (Å²) < 4.78 is 0. The van der Waals surface area contributed by atoms with Gasteiger partial charge in [-0.15, -0.1) is 0 Å². The number of nitrogens with one attached hydrogen (secondary N) is 3. The van der Waals surface area contributed by atoms with Gasteiger partial charge in [-0.2, -0.15) is 12.6 Å². The highest BCUT2D eigenvalue weighted by Crippen LogP contribution is 1.98. The number of primary amides is 2. The van der Waals surface area contributed by atoms with Gasteiger partial charge in [-0.25, -0.2) is 0 Å². The van der Waals surface area contributed by atoms with Gasteiger partial charge >= 0.3 is 5.97 Å². The fourth-order valence-corrected chi connectivity index (χ4v) is 2.01. The first-order valence-electron chi connectivity index (χ1n) is 7.51. The summed E-state index contributed by atoms with van der Waals surface area (Å²) >= 11 is 3.88. The molecule has 0 saturated carbocycles. The van der Waals surface area contributed by atoms with Crippen LogP contribution in [-0.4, -0.2) is 71.0 Å². The highest BCUT2D eigenvalue weighted by molar-refractivity contribution is 7.80. The van der Waals surface area contributed by atoms with Crippen LogP contribution in [0.15, 0.2) is 0 Å². The van der Waals surface area contributed by atoms with Crippen LogP contribution < -0.4 is 33.2 Å². The van der Waals surface area contributed by atoms with E-state index in [0.29, 0.717) is 0 Å². The van der Waals surface area contributed by atoms with E-state index in [1.807, 2.05) is 5.32 Å². The maximum Gasteiger partial charge on any atom is 0.322 e. The number of amides is 5. The smallest absolute Gasteiger partial charge is 0.322 e. The Bertz CT molecular complexity index is 614. The quantitative estimate of drug-likeness (QED) is 0.146. The molecule has 0 aliphatic heterocycles. The number of thiol groups is 1. The van der Waals surface area contributed by atoms with Gasteiger partial charge in [0.2, 0.25) is 29.5 Å². The van der Waals surface area contributed by atoms with Crippen molar-refractivity contribution >= 4 is 48.1 Å². The van der Waals surface area contributed by atoms with Crippen LogP contribution in [0.3, 0.4) is 0 Å². The largest absolute Gasteiger partial charge is 0.480 e. The van der Waals surface area contributed by atoms with Gasteiger partial charge in [0.05, 0.1) is 18.9 Å². The third kappa shape index (κ3) is 10.0. The molecule has 0 aliphatic rings. The third-order valence-electron chi connectivity index (χ3n) is 3.03. The molecule has 14 heteroatoms. The van der Waals surface area contributed by atoms with Gasteiger partial charge in [0, 0.05) is 5.75 Å². The number of aliphatic carboxylic acids is 1. The van der Waals surface area contributed by atoms with E-state index in [0.717, 1.165) is 0 Å². The van der Waals surface area contributed by atoms with Crippen LogP contribution in [0.1, 0.15) is 12.8 Å². The molecule has 3 atom stereocenters. The molecule has 0 saturated heterocycles.